The second-order valence-corrected chi connectivity index (χ2v) is 11.0. The minimum atomic E-state index is -4.44. The minimum Gasteiger partial charge on any atom is -0.508 e. The number of unbranched alkanes of at least 4 members (excludes halogenated alkanes) is 1. The Balaban J connectivity index is 1.63. The molecule has 0 aliphatic heterocycles. The van der Waals surface area contributed by atoms with E-state index < -0.39 is 11.7 Å². The molecule has 0 amide bonds. The summed E-state index contributed by atoms with van der Waals surface area (Å²) < 4.78 is 43.0. The van der Waals surface area contributed by atoms with Crippen molar-refractivity contribution in [1.82, 2.24) is 14.5 Å². The molecule has 1 aromatic heterocycles. The van der Waals surface area contributed by atoms with Crippen molar-refractivity contribution in [2.24, 2.45) is 0 Å². The first-order valence-corrected chi connectivity index (χ1v) is 14.7. The van der Waals surface area contributed by atoms with Gasteiger partial charge in [0.1, 0.15) is 11.6 Å². The van der Waals surface area contributed by atoms with Crippen molar-refractivity contribution >= 4 is 11.6 Å². The first-order chi connectivity index (χ1) is 20.7. The molecule has 1 N–H and O–H groups in total. The number of rotatable bonds is 11. The van der Waals surface area contributed by atoms with Gasteiger partial charge in [0.25, 0.3) is 0 Å². The molecule has 0 atom stereocenters. The SMILES string of the molecule is CCCCn1c(-c2ccccc2)nc(-c2ccccc2)c1CN(Cc1cccc(C(F)(F)F)c1)Cc1ccc(O)cc1Cl. The van der Waals surface area contributed by atoms with Gasteiger partial charge in [0, 0.05) is 42.3 Å². The fraction of sp³-hybridized carbons (Fsp3) is 0.229. The molecule has 0 radical (unpaired) electrons. The molecule has 0 unspecified atom stereocenters. The van der Waals surface area contributed by atoms with Crippen LogP contribution in [-0.4, -0.2) is 19.6 Å². The summed E-state index contributed by atoms with van der Waals surface area (Å²) in [5.41, 5.74) is 4.38. The molecular formula is C35H33ClF3N3O. The second kappa shape index (κ2) is 13.5. The summed E-state index contributed by atoms with van der Waals surface area (Å²) in [5.74, 6) is 0.902. The monoisotopic (exact) mass is 603 g/mol. The number of halogens is 4. The molecule has 8 heteroatoms. The third-order valence-electron chi connectivity index (χ3n) is 7.35. The highest BCUT2D eigenvalue weighted by molar-refractivity contribution is 6.31. The quantitative estimate of drug-likeness (QED) is 0.163. The van der Waals surface area contributed by atoms with E-state index in [-0.39, 0.29) is 12.3 Å². The molecule has 43 heavy (non-hydrogen) atoms. The highest BCUT2D eigenvalue weighted by Crippen LogP contribution is 2.34. The summed E-state index contributed by atoms with van der Waals surface area (Å²) in [6.45, 7) is 3.89. The summed E-state index contributed by atoms with van der Waals surface area (Å²) in [6, 6.07) is 30.2. The highest BCUT2D eigenvalue weighted by Gasteiger charge is 2.30. The molecule has 5 aromatic rings. The van der Waals surface area contributed by atoms with Crippen molar-refractivity contribution in [3.8, 4) is 28.4 Å². The lowest BCUT2D eigenvalue weighted by atomic mass is 10.1. The Morgan fingerprint density at radius 2 is 1.51 bits per heavy atom. The van der Waals surface area contributed by atoms with Gasteiger partial charge < -0.3 is 9.67 Å². The molecule has 0 bridgehead atoms. The molecule has 5 rings (SSSR count). The van der Waals surface area contributed by atoms with Crippen LogP contribution in [0, 0.1) is 0 Å². The number of imidazole rings is 1. The van der Waals surface area contributed by atoms with E-state index in [9.17, 15) is 18.3 Å². The largest absolute Gasteiger partial charge is 0.508 e. The van der Waals surface area contributed by atoms with Gasteiger partial charge in [-0.05, 0) is 35.7 Å². The lowest BCUT2D eigenvalue weighted by molar-refractivity contribution is -0.137. The van der Waals surface area contributed by atoms with Crippen LogP contribution in [0.2, 0.25) is 5.02 Å². The number of hydrogen-bond acceptors (Lipinski definition) is 3. The fourth-order valence-electron chi connectivity index (χ4n) is 5.23. The molecule has 4 nitrogen and oxygen atoms in total. The van der Waals surface area contributed by atoms with Crippen LogP contribution in [0.15, 0.2) is 103 Å². The summed E-state index contributed by atoms with van der Waals surface area (Å²) >= 11 is 6.52. The number of hydrogen-bond donors (Lipinski definition) is 1. The molecule has 0 aliphatic carbocycles. The molecule has 4 aromatic carbocycles. The van der Waals surface area contributed by atoms with Crippen molar-refractivity contribution in [2.45, 2.75) is 52.1 Å². The van der Waals surface area contributed by atoms with Gasteiger partial charge in [-0.15, -0.1) is 0 Å². The third-order valence-corrected chi connectivity index (χ3v) is 7.70. The van der Waals surface area contributed by atoms with Crippen molar-refractivity contribution < 1.29 is 18.3 Å². The van der Waals surface area contributed by atoms with Gasteiger partial charge in [-0.3, -0.25) is 4.90 Å². The van der Waals surface area contributed by atoms with Crippen LogP contribution >= 0.6 is 11.6 Å². The van der Waals surface area contributed by atoms with E-state index in [0.29, 0.717) is 23.7 Å². The second-order valence-electron chi connectivity index (χ2n) is 10.6. The number of aromatic nitrogens is 2. The van der Waals surface area contributed by atoms with E-state index in [1.165, 1.54) is 18.2 Å². The van der Waals surface area contributed by atoms with Crippen LogP contribution in [0.25, 0.3) is 22.6 Å². The predicted octanol–water partition coefficient (Wildman–Crippen LogP) is 9.60. The zero-order valence-electron chi connectivity index (χ0n) is 23.9. The molecule has 0 fully saturated rings. The Morgan fingerprint density at radius 3 is 2.16 bits per heavy atom. The van der Waals surface area contributed by atoms with Gasteiger partial charge >= 0.3 is 6.18 Å². The van der Waals surface area contributed by atoms with Crippen LogP contribution in [0.3, 0.4) is 0 Å². The van der Waals surface area contributed by atoms with E-state index in [1.54, 1.807) is 18.2 Å². The van der Waals surface area contributed by atoms with Crippen LogP contribution < -0.4 is 0 Å². The first-order valence-electron chi connectivity index (χ1n) is 14.3. The molecular weight excluding hydrogens is 571 g/mol. The fourth-order valence-corrected chi connectivity index (χ4v) is 5.46. The summed E-state index contributed by atoms with van der Waals surface area (Å²) in [4.78, 5) is 7.25. The molecule has 0 saturated carbocycles. The number of aromatic hydroxyl groups is 1. The zero-order valence-corrected chi connectivity index (χ0v) is 24.6. The number of benzene rings is 4. The molecule has 222 valence electrons. The predicted molar refractivity (Wildman–Crippen MR) is 166 cm³/mol. The van der Waals surface area contributed by atoms with E-state index in [2.05, 4.69) is 16.4 Å². The summed E-state index contributed by atoms with van der Waals surface area (Å²) in [7, 11) is 0. The Bertz CT molecular complexity index is 1650. The number of phenolic OH excluding ortho intramolecular Hbond substituents is 1. The molecule has 0 spiro atoms. The van der Waals surface area contributed by atoms with Gasteiger partial charge in [-0.1, -0.05) is 110 Å². The standard InChI is InChI=1S/C35H33ClF3N3O/c1-2-3-19-42-32(33(26-12-6-4-7-13-26)40-34(42)27-14-8-5-9-15-27)24-41(23-28-17-18-30(43)21-31(28)36)22-25-11-10-16-29(20-25)35(37,38)39/h4-18,20-21,43H,2-3,19,22-24H2,1H3. The maximum Gasteiger partial charge on any atom is 0.416 e. The van der Waals surface area contributed by atoms with Crippen LogP contribution in [-0.2, 0) is 32.4 Å². The lowest BCUT2D eigenvalue weighted by Crippen LogP contribution is -2.25. The van der Waals surface area contributed by atoms with Crippen molar-refractivity contribution in [2.75, 3.05) is 0 Å². The highest BCUT2D eigenvalue weighted by atomic mass is 35.5. The van der Waals surface area contributed by atoms with E-state index in [1.807, 2.05) is 60.7 Å². The third kappa shape index (κ3) is 7.48. The van der Waals surface area contributed by atoms with Crippen LogP contribution in [0.5, 0.6) is 5.75 Å². The lowest BCUT2D eigenvalue weighted by Gasteiger charge is -2.25. The number of nitrogens with zero attached hydrogens (tertiary/aromatic N) is 3. The molecule has 0 saturated heterocycles. The van der Waals surface area contributed by atoms with E-state index in [4.69, 9.17) is 16.6 Å². The molecule has 1 heterocycles. The van der Waals surface area contributed by atoms with Crippen LogP contribution in [0.1, 0.15) is 42.1 Å². The topological polar surface area (TPSA) is 41.3 Å². The number of phenols is 1. The van der Waals surface area contributed by atoms with Crippen LogP contribution in [0.4, 0.5) is 13.2 Å². The normalized spacial score (nSPS) is 11.8. The maximum absolute atomic E-state index is 13.6. The average molecular weight is 604 g/mol. The van der Waals surface area contributed by atoms with Gasteiger partial charge in [-0.2, -0.15) is 13.2 Å². The van der Waals surface area contributed by atoms with Crippen molar-refractivity contribution in [3.63, 3.8) is 0 Å². The van der Waals surface area contributed by atoms with Gasteiger partial charge in [0.15, 0.2) is 0 Å². The molecule has 0 aliphatic rings. The minimum absolute atomic E-state index is 0.0506. The average Bonchev–Trinajstić information content (AvgIpc) is 3.35. The Morgan fingerprint density at radius 1 is 0.814 bits per heavy atom. The van der Waals surface area contributed by atoms with E-state index in [0.717, 1.165) is 59.4 Å². The van der Waals surface area contributed by atoms with Crippen molar-refractivity contribution in [1.29, 1.82) is 0 Å². The summed E-state index contributed by atoms with van der Waals surface area (Å²) in [6.07, 6.45) is -2.51. The van der Waals surface area contributed by atoms with Gasteiger partial charge in [0.2, 0.25) is 0 Å². The summed E-state index contributed by atoms with van der Waals surface area (Å²) in [5, 5.41) is 10.3. The number of alkyl halides is 3. The Labute approximate surface area is 255 Å². The van der Waals surface area contributed by atoms with Gasteiger partial charge in [-0.25, -0.2) is 4.98 Å². The van der Waals surface area contributed by atoms with Crippen molar-refractivity contribution in [3.05, 3.63) is 131 Å². The Kier molecular flexibility index (Phi) is 9.53. The van der Waals surface area contributed by atoms with Gasteiger partial charge in [0.05, 0.1) is 17.0 Å². The maximum atomic E-state index is 13.6. The van der Waals surface area contributed by atoms with E-state index >= 15 is 0 Å². The smallest absolute Gasteiger partial charge is 0.416 e. The Hall–Kier alpha value is -4.07. The zero-order chi connectivity index (χ0) is 30.4. The first kappa shape index (κ1) is 30.4.